The molecule has 1 fully saturated rings. The highest BCUT2D eigenvalue weighted by Gasteiger charge is 2.26. The van der Waals surface area contributed by atoms with Gasteiger partial charge < -0.3 is 9.88 Å². The van der Waals surface area contributed by atoms with Crippen LogP contribution in [0.25, 0.3) is 10.9 Å². The maximum Gasteiger partial charge on any atom is 0.240 e. The van der Waals surface area contributed by atoms with Crippen molar-refractivity contribution < 1.29 is 4.79 Å². The van der Waals surface area contributed by atoms with E-state index in [0.29, 0.717) is 18.6 Å². The Morgan fingerprint density at radius 3 is 2.76 bits per heavy atom. The number of para-hydroxylation sites is 1. The van der Waals surface area contributed by atoms with E-state index in [1.165, 1.54) is 35.0 Å². The lowest BCUT2D eigenvalue weighted by Gasteiger charge is -2.31. The van der Waals surface area contributed by atoms with Crippen LogP contribution in [0.5, 0.6) is 0 Å². The van der Waals surface area contributed by atoms with E-state index < -0.39 is 0 Å². The van der Waals surface area contributed by atoms with Crippen molar-refractivity contribution in [1.29, 1.82) is 0 Å². The van der Waals surface area contributed by atoms with Crippen LogP contribution in [0.2, 0.25) is 0 Å². The lowest BCUT2D eigenvalue weighted by Crippen LogP contribution is -2.38. The Hall–Kier alpha value is -1.81. The van der Waals surface area contributed by atoms with E-state index in [1.807, 2.05) is 0 Å². The molecule has 4 heteroatoms. The molecule has 1 aromatic heterocycles. The first-order chi connectivity index (χ1) is 12.1. The highest BCUT2D eigenvalue weighted by molar-refractivity contribution is 5.88. The molecule has 1 aliphatic carbocycles. The number of nitrogens with one attached hydrogen (secondary N) is 1. The first-order valence-corrected chi connectivity index (χ1v) is 9.76. The summed E-state index contributed by atoms with van der Waals surface area (Å²) in [7, 11) is 0. The van der Waals surface area contributed by atoms with Crippen LogP contribution in [0.4, 0.5) is 0 Å². The Balaban J connectivity index is 1.63. The van der Waals surface area contributed by atoms with Crippen molar-refractivity contribution in [2.75, 3.05) is 6.54 Å². The third-order valence-electron chi connectivity index (χ3n) is 5.94. The van der Waals surface area contributed by atoms with Crippen molar-refractivity contribution in [2.45, 2.75) is 71.1 Å². The van der Waals surface area contributed by atoms with Gasteiger partial charge in [-0.2, -0.15) is 0 Å². The molecular weight excluding hydrogens is 310 g/mol. The number of carbonyl (C=O) groups is 1. The van der Waals surface area contributed by atoms with Crippen molar-refractivity contribution in [2.24, 2.45) is 0 Å². The fourth-order valence-corrected chi connectivity index (χ4v) is 4.53. The van der Waals surface area contributed by atoms with E-state index in [2.05, 4.69) is 52.9 Å². The molecule has 0 spiro atoms. The normalized spacial score (nSPS) is 18.8. The monoisotopic (exact) mass is 339 g/mol. The smallest absolute Gasteiger partial charge is 0.240 e. The highest BCUT2D eigenvalue weighted by Crippen LogP contribution is 2.31. The molecule has 2 heterocycles. The summed E-state index contributed by atoms with van der Waals surface area (Å²) in [4.78, 5) is 15.2. The van der Waals surface area contributed by atoms with Crippen LogP contribution in [0, 0.1) is 0 Å². The number of amides is 1. The molecule has 1 aliphatic heterocycles. The second-order valence-corrected chi connectivity index (χ2v) is 7.89. The van der Waals surface area contributed by atoms with Gasteiger partial charge in [-0.3, -0.25) is 9.69 Å². The van der Waals surface area contributed by atoms with E-state index in [1.54, 1.807) is 0 Å². The van der Waals surface area contributed by atoms with Gasteiger partial charge >= 0.3 is 0 Å². The lowest BCUT2D eigenvalue weighted by atomic mass is 10.0. The van der Waals surface area contributed by atoms with Gasteiger partial charge in [-0.1, -0.05) is 31.0 Å². The first-order valence-electron chi connectivity index (χ1n) is 9.76. The van der Waals surface area contributed by atoms with Crippen LogP contribution in [-0.4, -0.2) is 34.0 Å². The van der Waals surface area contributed by atoms with Gasteiger partial charge in [0.1, 0.15) is 6.54 Å². The number of fused-ring (bicyclic) bond motifs is 3. The number of aromatic nitrogens is 1. The number of carbonyl (C=O) groups excluding carboxylic acids is 1. The van der Waals surface area contributed by atoms with Crippen LogP contribution in [0.15, 0.2) is 24.3 Å². The topological polar surface area (TPSA) is 37.3 Å². The quantitative estimate of drug-likeness (QED) is 0.926. The standard InChI is InChI=1S/C21H29N3O/c1-15(2)23-12-11-20-18(13-23)17-9-5-6-10-19(17)24(20)14-21(25)22-16-7-3-4-8-16/h5-6,9-10,15-16H,3-4,7-8,11-14H2,1-2H3,(H,22,25). The van der Waals surface area contributed by atoms with Crippen LogP contribution in [0.1, 0.15) is 50.8 Å². The second kappa shape index (κ2) is 6.83. The van der Waals surface area contributed by atoms with Crippen molar-refractivity contribution >= 4 is 16.8 Å². The van der Waals surface area contributed by atoms with E-state index in [4.69, 9.17) is 0 Å². The van der Waals surface area contributed by atoms with Crippen LogP contribution >= 0.6 is 0 Å². The predicted molar refractivity (Wildman–Crippen MR) is 102 cm³/mol. The maximum atomic E-state index is 12.6. The summed E-state index contributed by atoms with van der Waals surface area (Å²) < 4.78 is 2.27. The van der Waals surface area contributed by atoms with Crippen LogP contribution < -0.4 is 5.32 Å². The molecule has 1 saturated carbocycles. The molecule has 2 aliphatic rings. The molecule has 1 aromatic carbocycles. The molecule has 1 amide bonds. The summed E-state index contributed by atoms with van der Waals surface area (Å²) >= 11 is 0. The van der Waals surface area contributed by atoms with Crippen molar-refractivity contribution in [1.82, 2.24) is 14.8 Å². The molecule has 0 atom stereocenters. The van der Waals surface area contributed by atoms with Gasteiger partial charge in [-0.15, -0.1) is 0 Å². The summed E-state index contributed by atoms with van der Waals surface area (Å²) in [6.45, 7) is 7.04. The number of rotatable bonds is 4. The Labute approximate surface area is 150 Å². The van der Waals surface area contributed by atoms with E-state index >= 15 is 0 Å². The van der Waals surface area contributed by atoms with Crippen molar-refractivity contribution in [3.63, 3.8) is 0 Å². The molecule has 4 rings (SSSR count). The first kappa shape index (κ1) is 16.6. The molecule has 134 valence electrons. The van der Waals surface area contributed by atoms with Gasteiger partial charge in [0.05, 0.1) is 0 Å². The molecule has 4 nitrogen and oxygen atoms in total. The molecule has 2 aromatic rings. The fraction of sp³-hybridized carbons (Fsp3) is 0.571. The number of nitrogens with zero attached hydrogens (tertiary/aromatic N) is 2. The SMILES string of the molecule is CC(C)N1CCc2c(c3ccccc3n2CC(=O)NC2CCCC2)C1. The molecular formula is C21H29N3O. The third-order valence-corrected chi connectivity index (χ3v) is 5.94. The zero-order valence-electron chi connectivity index (χ0n) is 15.4. The minimum atomic E-state index is 0.168. The minimum Gasteiger partial charge on any atom is -0.352 e. The molecule has 1 N–H and O–H groups in total. The fourth-order valence-electron chi connectivity index (χ4n) is 4.53. The molecule has 0 saturated heterocycles. The summed E-state index contributed by atoms with van der Waals surface area (Å²) in [5.74, 6) is 0.168. The van der Waals surface area contributed by atoms with E-state index in [-0.39, 0.29) is 5.91 Å². The second-order valence-electron chi connectivity index (χ2n) is 7.89. The molecule has 0 unspecified atom stereocenters. The van der Waals surface area contributed by atoms with Crippen molar-refractivity contribution in [3.8, 4) is 0 Å². The van der Waals surface area contributed by atoms with Gasteiger partial charge in [-0.25, -0.2) is 0 Å². The number of benzene rings is 1. The van der Waals surface area contributed by atoms with E-state index in [9.17, 15) is 4.79 Å². The third kappa shape index (κ3) is 3.20. The molecule has 0 radical (unpaired) electrons. The largest absolute Gasteiger partial charge is 0.352 e. The summed E-state index contributed by atoms with van der Waals surface area (Å²) in [5.41, 5.74) is 3.99. The Bertz CT molecular complexity index is 771. The Morgan fingerprint density at radius 2 is 2.00 bits per heavy atom. The summed E-state index contributed by atoms with van der Waals surface area (Å²) in [6.07, 6.45) is 5.80. The van der Waals surface area contributed by atoms with E-state index in [0.717, 1.165) is 32.4 Å². The van der Waals surface area contributed by atoms with Gasteiger partial charge in [0.25, 0.3) is 0 Å². The van der Waals surface area contributed by atoms with Gasteiger partial charge in [0.2, 0.25) is 5.91 Å². The lowest BCUT2D eigenvalue weighted by molar-refractivity contribution is -0.122. The number of hydrogen-bond donors (Lipinski definition) is 1. The Kier molecular flexibility index (Phi) is 4.55. The summed E-state index contributed by atoms with van der Waals surface area (Å²) in [5, 5.41) is 4.56. The van der Waals surface area contributed by atoms with Gasteiger partial charge in [0, 0.05) is 48.2 Å². The van der Waals surface area contributed by atoms with Crippen LogP contribution in [-0.2, 0) is 24.3 Å². The van der Waals surface area contributed by atoms with Gasteiger partial charge in [-0.05, 0) is 38.3 Å². The van der Waals surface area contributed by atoms with Crippen molar-refractivity contribution in [3.05, 3.63) is 35.5 Å². The Morgan fingerprint density at radius 1 is 1.24 bits per heavy atom. The van der Waals surface area contributed by atoms with Gasteiger partial charge in [0.15, 0.2) is 0 Å². The minimum absolute atomic E-state index is 0.168. The predicted octanol–water partition coefficient (Wildman–Crippen LogP) is 3.47. The number of hydrogen-bond acceptors (Lipinski definition) is 2. The summed E-state index contributed by atoms with van der Waals surface area (Å²) in [6, 6.07) is 9.52. The zero-order valence-corrected chi connectivity index (χ0v) is 15.4. The zero-order chi connectivity index (χ0) is 17.4. The maximum absolute atomic E-state index is 12.6. The van der Waals surface area contributed by atoms with Crippen LogP contribution in [0.3, 0.4) is 0 Å². The average Bonchev–Trinajstić information content (AvgIpc) is 3.22. The molecule has 25 heavy (non-hydrogen) atoms. The average molecular weight is 339 g/mol. The molecule has 0 bridgehead atoms. The highest BCUT2D eigenvalue weighted by atomic mass is 16.2.